The summed E-state index contributed by atoms with van der Waals surface area (Å²) >= 11 is 0. The van der Waals surface area contributed by atoms with Crippen molar-refractivity contribution in [3.8, 4) is 0 Å². The lowest BCUT2D eigenvalue weighted by Crippen LogP contribution is -2.20. The third kappa shape index (κ3) is 4.23. The Morgan fingerprint density at radius 1 is 1.40 bits per heavy atom. The van der Waals surface area contributed by atoms with Crippen LogP contribution in [0.5, 0.6) is 0 Å². The van der Waals surface area contributed by atoms with Gasteiger partial charge in [0.2, 0.25) is 5.95 Å². The highest BCUT2D eigenvalue weighted by atomic mass is 16.5. The third-order valence-electron chi connectivity index (χ3n) is 4.35. The fourth-order valence-electron chi connectivity index (χ4n) is 3.15. The summed E-state index contributed by atoms with van der Waals surface area (Å²) in [6.45, 7) is 6.91. The summed E-state index contributed by atoms with van der Waals surface area (Å²) in [5.74, 6) is 1.92. The molecule has 4 nitrogen and oxygen atoms in total. The second-order valence-electron chi connectivity index (χ2n) is 5.73. The minimum atomic E-state index is 0.630. The molecule has 0 amide bonds. The molecular weight excluding hydrogens is 250 g/mol. The van der Waals surface area contributed by atoms with Crippen LogP contribution in [0.25, 0.3) is 0 Å². The molecule has 4 heteroatoms. The molecule has 114 valence electrons. The zero-order valence-corrected chi connectivity index (χ0v) is 13.0. The van der Waals surface area contributed by atoms with E-state index >= 15 is 0 Å². The molecule has 1 saturated carbocycles. The highest BCUT2D eigenvalue weighted by Gasteiger charge is 2.23. The Labute approximate surface area is 122 Å². The van der Waals surface area contributed by atoms with Crippen molar-refractivity contribution in [1.29, 1.82) is 0 Å². The molecule has 0 spiro atoms. The average Bonchev–Trinajstić information content (AvgIpc) is 2.95. The molecule has 1 aliphatic rings. The number of ether oxygens (including phenoxy) is 1. The van der Waals surface area contributed by atoms with E-state index in [1.165, 1.54) is 32.1 Å². The van der Waals surface area contributed by atoms with Gasteiger partial charge in [0.05, 0.1) is 0 Å². The van der Waals surface area contributed by atoms with E-state index in [2.05, 4.69) is 28.0 Å². The lowest BCUT2D eigenvalue weighted by atomic mass is 9.84. The van der Waals surface area contributed by atoms with Crippen molar-refractivity contribution in [3.63, 3.8) is 0 Å². The summed E-state index contributed by atoms with van der Waals surface area (Å²) in [6, 6.07) is 0.630. The van der Waals surface area contributed by atoms with Gasteiger partial charge in [-0.3, -0.25) is 0 Å². The largest absolute Gasteiger partial charge is 0.382 e. The Morgan fingerprint density at radius 2 is 2.30 bits per heavy atom. The van der Waals surface area contributed by atoms with Gasteiger partial charge in [0, 0.05) is 38.2 Å². The zero-order valence-electron chi connectivity index (χ0n) is 13.0. The first-order valence-corrected chi connectivity index (χ1v) is 8.19. The normalized spacial score (nSPS) is 22.9. The molecule has 0 bridgehead atoms. The molecule has 1 aromatic rings. The van der Waals surface area contributed by atoms with Gasteiger partial charge in [0.25, 0.3) is 0 Å². The predicted molar refractivity (Wildman–Crippen MR) is 83.1 cm³/mol. The minimum Gasteiger partial charge on any atom is -0.382 e. The molecule has 0 aromatic carbocycles. The van der Waals surface area contributed by atoms with Gasteiger partial charge in [-0.25, -0.2) is 4.98 Å². The van der Waals surface area contributed by atoms with Gasteiger partial charge in [-0.2, -0.15) is 0 Å². The Kier molecular flexibility index (Phi) is 6.37. The molecule has 1 N–H and O–H groups in total. The van der Waals surface area contributed by atoms with Crippen LogP contribution in [0.2, 0.25) is 0 Å². The van der Waals surface area contributed by atoms with E-state index in [1.807, 2.05) is 13.1 Å². The first-order valence-electron chi connectivity index (χ1n) is 8.19. The van der Waals surface area contributed by atoms with Crippen LogP contribution in [0.15, 0.2) is 12.4 Å². The number of anilines is 1. The SMILES string of the molecule is CCOCCCNc1nccn1C1CCCC(CC)C1. The molecule has 1 aromatic heterocycles. The van der Waals surface area contributed by atoms with Crippen molar-refractivity contribution in [2.75, 3.05) is 25.1 Å². The summed E-state index contributed by atoms with van der Waals surface area (Å²) in [6.07, 6.45) is 11.7. The zero-order chi connectivity index (χ0) is 14.2. The molecule has 1 heterocycles. The third-order valence-corrected chi connectivity index (χ3v) is 4.35. The maximum absolute atomic E-state index is 5.36. The Hall–Kier alpha value is -1.03. The Balaban J connectivity index is 1.84. The fraction of sp³-hybridized carbons (Fsp3) is 0.812. The van der Waals surface area contributed by atoms with Crippen molar-refractivity contribution in [2.24, 2.45) is 5.92 Å². The van der Waals surface area contributed by atoms with Gasteiger partial charge in [0.15, 0.2) is 0 Å². The lowest BCUT2D eigenvalue weighted by Gasteiger charge is -2.30. The van der Waals surface area contributed by atoms with E-state index in [1.54, 1.807) is 0 Å². The monoisotopic (exact) mass is 279 g/mol. The molecule has 1 fully saturated rings. The average molecular weight is 279 g/mol. The summed E-state index contributed by atoms with van der Waals surface area (Å²) in [7, 11) is 0. The molecule has 1 aliphatic carbocycles. The second-order valence-corrected chi connectivity index (χ2v) is 5.73. The van der Waals surface area contributed by atoms with Crippen LogP contribution < -0.4 is 5.32 Å². The molecule has 2 atom stereocenters. The van der Waals surface area contributed by atoms with Crippen molar-refractivity contribution >= 4 is 5.95 Å². The number of nitrogens with zero attached hydrogens (tertiary/aromatic N) is 2. The smallest absolute Gasteiger partial charge is 0.203 e. The van der Waals surface area contributed by atoms with Gasteiger partial charge < -0.3 is 14.6 Å². The van der Waals surface area contributed by atoms with Crippen molar-refractivity contribution in [1.82, 2.24) is 9.55 Å². The number of aromatic nitrogens is 2. The first kappa shape index (κ1) is 15.4. The van der Waals surface area contributed by atoms with Gasteiger partial charge in [-0.1, -0.05) is 26.2 Å². The first-order chi connectivity index (χ1) is 9.85. The number of imidazole rings is 1. The molecule has 20 heavy (non-hydrogen) atoms. The Bertz CT molecular complexity index is 378. The van der Waals surface area contributed by atoms with E-state index in [4.69, 9.17) is 4.74 Å². The summed E-state index contributed by atoms with van der Waals surface area (Å²) < 4.78 is 7.71. The Morgan fingerprint density at radius 3 is 3.10 bits per heavy atom. The van der Waals surface area contributed by atoms with Crippen LogP contribution in [0, 0.1) is 5.92 Å². The van der Waals surface area contributed by atoms with E-state index in [-0.39, 0.29) is 0 Å². The van der Waals surface area contributed by atoms with Crippen LogP contribution >= 0.6 is 0 Å². The number of hydrogen-bond donors (Lipinski definition) is 1. The van der Waals surface area contributed by atoms with Crippen LogP contribution in [0.4, 0.5) is 5.95 Å². The van der Waals surface area contributed by atoms with E-state index in [9.17, 15) is 0 Å². The standard InChI is InChI=1S/C16H29N3O/c1-3-14-7-5-8-15(13-14)19-11-10-18-16(19)17-9-6-12-20-4-2/h10-11,14-15H,3-9,12-13H2,1-2H3,(H,17,18). The highest BCUT2D eigenvalue weighted by Crippen LogP contribution is 2.35. The maximum Gasteiger partial charge on any atom is 0.203 e. The van der Waals surface area contributed by atoms with E-state index in [0.717, 1.165) is 38.0 Å². The summed E-state index contributed by atoms with van der Waals surface area (Å²) in [5.41, 5.74) is 0. The molecular formula is C16H29N3O. The lowest BCUT2D eigenvalue weighted by molar-refractivity contribution is 0.147. The number of rotatable bonds is 8. The van der Waals surface area contributed by atoms with Crippen LogP contribution in [0.1, 0.15) is 58.4 Å². The molecule has 2 unspecified atom stereocenters. The minimum absolute atomic E-state index is 0.630. The van der Waals surface area contributed by atoms with Crippen LogP contribution in [0.3, 0.4) is 0 Å². The van der Waals surface area contributed by atoms with Crippen molar-refractivity contribution < 1.29 is 4.74 Å². The van der Waals surface area contributed by atoms with E-state index in [0.29, 0.717) is 6.04 Å². The van der Waals surface area contributed by atoms with Crippen molar-refractivity contribution in [3.05, 3.63) is 12.4 Å². The van der Waals surface area contributed by atoms with Crippen LogP contribution in [-0.4, -0.2) is 29.3 Å². The molecule has 0 saturated heterocycles. The number of hydrogen-bond acceptors (Lipinski definition) is 3. The topological polar surface area (TPSA) is 39.1 Å². The maximum atomic E-state index is 5.36. The summed E-state index contributed by atoms with van der Waals surface area (Å²) in [5, 5.41) is 3.45. The summed E-state index contributed by atoms with van der Waals surface area (Å²) in [4.78, 5) is 4.47. The highest BCUT2D eigenvalue weighted by molar-refractivity contribution is 5.26. The van der Waals surface area contributed by atoms with E-state index < -0.39 is 0 Å². The molecule has 0 aliphatic heterocycles. The van der Waals surface area contributed by atoms with Gasteiger partial charge >= 0.3 is 0 Å². The predicted octanol–water partition coefficient (Wildman–Crippen LogP) is 3.86. The fourth-order valence-corrected chi connectivity index (χ4v) is 3.15. The quantitative estimate of drug-likeness (QED) is 0.734. The van der Waals surface area contributed by atoms with Crippen molar-refractivity contribution in [2.45, 2.75) is 58.4 Å². The van der Waals surface area contributed by atoms with Gasteiger partial charge in [0.1, 0.15) is 0 Å². The van der Waals surface area contributed by atoms with Crippen LogP contribution in [-0.2, 0) is 4.74 Å². The molecule has 0 radical (unpaired) electrons. The second kappa shape index (κ2) is 8.30. The van der Waals surface area contributed by atoms with Gasteiger partial charge in [-0.15, -0.1) is 0 Å². The van der Waals surface area contributed by atoms with Gasteiger partial charge in [-0.05, 0) is 32.1 Å². The number of nitrogens with one attached hydrogen (secondary N) is 1. The molecule has 2 rings (SSSR count).